The Kier molecular flexibility index (Phi) is 3.88. The molecule has 0 fully saturated rings. The molecule has 96 valence electrons. The fourth-order valence-corrected chi connectivity index (χ4v) is 3.15. The van der Waals surface area contributed by atoms with Crippen LogP contribution in [0.25, 0.3) is 0 Å². The Hall–Kier alpha value is -1.84. The number of nitrogens with one attached hydrogen (secondary N) is 1. The van der Waals surface area contributed by atoms with E-state index >= 15 is 0 Å². The van der Waals surface area contributed by atoms with Crippen molar-refractivity contribution in [3.8, 4) is 6.07 Å². The van der Waals surface area contributed by atoms with Crippen LogP contribution in [-0.4, -0.2) is 8.42 Å². The van der Waals surface area contributed by atoms with Crippen molar-refractivity contribution in [3.63, 3.8) is 0 Å². The lowest BCUT2D eigenvalue weighted by Gasteiger charge is -2.08. The lowest BCUT2D eigenvalue weighted by molar-refractivity contribution is 0.601. The number of hydrogen-bond donors (Lipinski definition) is 1. The summed E-state index contributed by atoms with van der Waals surface area (Å²) in [5.41, 5.74) is 0.758. The lowest BCUT2D eigenvalue weighted by atomic mass is 10.2. The number of benzene rings is 2. The first kappa shape index (κ1) is 13.6. The smallest absolute Gasteiger partial charge is 0.261 e. The van der Waals surface area contributed by atoms with Crippen molar-refractivity contribution >= 4 is 31.6 Å². The largest absolute Gasteiger partial charge is 0.280 e. The Balaban J connectivity index is 2.34. The van der Waals surface area contributed by atoms with E-state index in [1.54, 1.807) is 30.3 Å². The average molecular weight is 337 g/mol. The number of rotatable bonds is 3. The molecule has 0 atom stereocenters. The van der Waals surface area contributed by atoms with E-state index in [-0.39, 0.29) is 4.90 Å². The molecule has 4 nitrogen and oxygen atoms in total. The number of nitriles is 1. The standard InChI is InChI=1S/C13H9BrN2O2S/c14-11-4-2-6-13(8-11)19(17,18)16-12-5-1-3-10(7-12)9-15/h1-8,16H. The predicted molar refractivity (Wildman–Crippen MR) is 76.1 cm³/mol. The maximum Gasteiger partial charge on any atom is 0.261 e. The predicted octanol–water partition coefficient (Wildman–Crippen LogP) is 3.12. The molecule has 0 spiro atoms. The molecule has 0 unspecified atom stereocenters. The van der Waals surface area contributed by atoms with Crippen LogP contribution >= 0.6 is 15.9 Å². The van der Waals surface area contributed by atoms with E-state index in [1.807, 2.05) is 6.07 Å². The number of anilines is 1. The minimum absolute atomic E-state index is 0.157. The average Bonchev–Trinajstić information content (AvgIpc) is 2.38. The fraction of sp³-hybridized carbons (Fsp3) is 0. The Morgan fingerprint density at radius 2 is 1.84 bits per heavy atom. The zero-order valence-electron chi connectivity index (χ0n) is 9.67. The van der Waals surface area contributed by atoms with Crippen LogP contribution in [-0.2, 0) is 10.0 Å². The van der Waals surface area contributed by atoms with Crippen LogP contribution in [0.15, 0.2) is 57.9 Å². The summed E-state index contributed by atoms with van der Waals surface area (Å²) in [7, 11) is -3.65. The van der Waals surface area contributed by atoms with Gasteiger partial charge in [-0.15, -0.1) is 0 Å². The van der Waals surface area contributed by atoms with E-state index in [0.717, 1.165) is 0 Å². The van der Waals surface area contributed by atoms with Gasteiger partial charge in [0.25, 0.3) is 10.0 Å². The summed E-state index contributed by atoms with van der Waals surface area (Å²) >= 11 is 3.23. The molecule has 0 radical (unpaired) electrons. The molecule has 6 heteroatoms. The summed E-state index contributed by atoms with van der Waals surface area (Å²) in [6.45, 7) is 0. The first-order valence-corrected chi connectivity index (χ1v) is 7.57. The third-order valence-corrected chi connectivity index (χ3v) is 4.22. The van der Waals surface area contributed by atoms with Gasteiger partial charge >= 0.3 is 0 Å². The Labute approximate surface area is 119 Å². The van der Waals surface area contributed by atoms with E-state index in [0.29, 0.717) is 15.7 Å². The van der Waals surface area contributed by atoms with Crippen LogP contribution in [0.5, 0.6) is 0 Å². The first-order valence-electron chi connectivity index (χ1n) is 5.30. The van der Waals surface area contributed by atoms with Gasteiger partial charge in [0, 0.05) is 4.47 Å². The van der Waals surface area contributed by atoms with Gasteiger partial charge in [-0.2, -0.15) is 5.26 Å². The third-order valence-electron chi connectivity index (χ3n) is 2.35. The highest BCUT2D eigenvalue weighted by molar-refractivity contribution is 9.10. The van der Waals surface area contributed by atoms with Crippen molar-refractivity contribution in [2.45, 2.75) is 4.90 Å². The quantitative estimate of drug-likeness (QED) is 0.935. The minimum Gasteiger partial charge on any atom is -0.280 e. The highest BCUT2D eigenvalue weighted by Gasteiger charge is 2.14. The summed E-state index contributed by atoms with van der Waals surface area (Å²) in [5, 5.41) is 8.78. The monoisotopic (exact) mass is 336 g/mol. The normalized spacial score (nSPS) is 10.7. The Bertz CT molecular complexity index is 751. The molecule has 0 aliphatic rings. The van der Waals surface area contributed by atoms with Gasteiger partial charge in [0.2, 0.25) is 0 Å². The van der Waals surface area contributed by atoms with E-state index in [9.17, 15) is 8.42 Å². The van der Waals surface area contributed by atoms with E-state index in [4.69, 9.17) is 5.26 Å². The summed E-state index contributed by atoms with van der Waals surface area (Å²) in [6, 6.07) is 14.7. The van der Waals surface area contributed by atoms with Gasteiger partial charge in [0.05, 0.1) is 22.2 Å². The van der Waals surface area contributed by atoms with E-state index < -0.39 is 10.0 Å². The molecule has 2 aromatic rings. The Morgan fingerprint density at radius 3 is 2.53 bits per heavy atom. The van der Waals surface area contributed by atoms with Crippen molar-refractivity contribution < 1.29 is 8.42 Å². The van der Waals surface area contributed by atoms with E-state index in [2.05, 4.69) is 20.7 Å². The highest BCUT2D eigenvalue weighted by atomic mass is 79.9. The van der Waals surface area contributed by atoms with Crippen molar-refractivity contribution in [1.82, 2.24) is 0 Å². The first-order chi connectivity index (χ1) is 9.01. The van der Waals surface area contributed by atoms with E-state index in [1.165, 1.54) is 18.2 Å². The van der Waals surface area contributed by atoms with Gasteiger partial charge in [-0.1, -0.05) is 28.1 Å². The maximum atomic E-state index is 12.1. The van der Waals surface area contributed by atoms with Gasteiger partial charge in [0.15, 0.2) is 0 Å². The van der Waals surface area contributed by atoms with Gasteiger partial charge in [-0.3, -0.25) is 4.72 Å². The van der Waals surface area contributed by atoms with Crippen LogP contribution in [0.3, 0.4) is 0 Å². The summed E-state index contributed by atoms with van der Waals surface area (Å²) in [6.07, 6.45) is 0. The van der Waals surface area contributed by atoms with Crippen LogP contribution in [0.4, 0.5) is 5.69 Å². The molecule has 0 aromatic heterocycles. The molecule has 2 rings (SSSR count). The number of halogens is 1. The highest BCUT2D eigenvalue weighted by Crippen LogP contribution is 2.20. The third kappa shape index (κ3) is 3.34. The second-order valence-corrected chi connectivity index (χ2v) is 6.35. The zero-order chi connectivity index (χ0) is 13.9. The molecule has 0 saturated heterocycles. The molecule has 19 heavy (non-hydrogen) atoms. The molecule has 0 saturated carbocycles. The number of nitrogens with zero attached hydrogens (tertiary/aromatic N) is 1. The molecule has 0 bridgehead atoms. The molecule has 2 aromatic carbocycles. The van der Waals surface area contributed by atoms with Crippen molar-refractivity contribution in [1.29, 1.82) is 5.26 Å². The number of hydrogen-bond acceptors (Lipinski definition) is 3. The molecule has 1 N–H and O–H groups in total. The van der Waals surface area contributed by atoms with Crippen molar-refractivity contribution in [3.05, 3.63) is 58.6 Å². The van der Waals surface area contributed by atoms with Gasteiger partial charge in [-0.05, 0) is 36.4 Å². The molecule has 0 aliphatic heterocycles. The van der Waals surface area contributed by atoms with Crippen molar-refractivity contribution in [2.24, 2.45) is 0 Å². The van der Waals surface area contributed by atoms with Crippen LogP contribution in [0.2, 0.25) is 0 Å². The molecule has 0 aliphatic carbocycles. The van der Waals surface area contributed by atoms with Gasteiger partial charge in [0.1, 0.15) is 0 Å². The molecular formula is C13H9BrN2O2S. The molecule has 0 heterocycles. The lowest BCUT2D eigenvalue weighted by Crippen LogP contribution is -2.12. The van der Waals surface area contributed by atoms with Crippen molar-refractivity contribution in [2.75, 3.05) is 4.72 Å². The summed E-state index contributed by atoms with van der Waals surface area (Å²) < 4.78 is 27.4. The Morgan fingerprint density at radius 1 is 1.11 bits per heavy atom. The molecule has 0 amide bonds. The topological polar surface area (TPSA) is 70.0 Å². The summed E-state index contributed by atoms with van der Waals surface area (Å²) in [4.78, 5) is 0.157. The maximum absolute atomic E-state index is 12.1. The minimum atomic E-state index is -3.65. The SMILES string of the molecule is N#Cc1cccc(NS(=O)(=O)c2cccc(Br)c2)c1. The van der Waals surface area contributed by atoms with Gasteiger partial charge < -0.3 is 0 Å². The second kappa shape index (κ2) is 5.43. The van der Waals surface area contributed by atoms with Gasteiger partial charge in [-0.25, -0.2) is 8.42 Å². The number of sulfonamides is 1. The molecular weight excluding hydrogens is 328 g/mol. The van der Waals surface area contributed by atoms with Crippen LogP contribution in [0, 0.1) is 11.3 Å². The zero-order valence-corrected chi connectivity index (χ0v) is 12.1. The summed E-state index contributed by atoms with van der Waals surface area (Å²) in [5.74, 6) is 0. The van der Waals surface area contributed by atoms with Crippen LogP contribution < -0.4 is 4.72 Å². The second-order valence-electron chi connectivity index (χ2n) is 3.76. The fourth-order valence-electron chi connectivity index (χ4n) is 1.50. The van der Waals surface area contributed by atoms with Crippen LogP contribution in [0.1, 0.15) is 5.56 Å².